The first-order valence-corrected chi connectivity index (χ1v) is 7.06. The zero-order valence-corrected chi connectivity index (χ0v) is 11.7. The van der Waals surface area contributed by atoms with E-state index in [0.717, 1.165) is 0 Å². The molecule has 1 aliphatic carbocycles. The molecule has 1 fully saturated rings. The van der Waals surface area contributed by atoms with Crippen LogP contribution in [0, 0.1) is 17.6 Å². The van der Waals surface area contributed by atoms with Gasteiger partial charge in [-0.25, -0.2) is 8.78 Å². The minimum atomic E-state index is -0.610. The van der Waals surface area contributed by atoms with Crippen molar-refractivity contribution in [3.63, 3.8) is 0 Å². The Morgan fingerprint density at radius 3 is 2.50 bits per heavy atom. The molecule has 1 amide bonds. The first-order valence-electron chi connectivity index (χ1n) is 7.06. The number of nitrogens with one attached hydrogen (secondary N) is 1. The summed E-state index contributed by atoms with van der Waals surface area (Å²) in [6.45, 7) is 0.189. The zero-order valence-electron chi connectivity index (χ0n) is 11.7. The average Bonchev–Trinajstić information content (AvgIpc) is 3.26. The fourth-order valence-corrected chi connectivity index (χ4v) is 2.64. The maximum atomic E-state index is 13.7. The molecule has 0 unspecified atom stereocenters. The van der Waals surface area contributed by atoms with Crippen LogP contribution in [0.25, 0.3) is 0 Å². The molecule has 1 aliphatic rings. The number of phenolic OH excluding ortho intramolecular Hbond substituents is 1. The topological polar surface area (TPSA) is 49.3 Å². The molecule has 0 saturated heterocycles. The summed E-state index contributed by atoms with van der Waals surface area (Å²) in [6, 6.07) is 10.4. The molecule has 2 aromatic carbocycles. The Labute approximate surface area is 126 Å². The molecule has 22 heavy (non-hydrogen) atoms. The minimum Gasteiger partial charge on any atom is -0.508 e. The van der Waals surface area contributed by atoms with Gasteiger partial charge in [-0.15, -0.1) is 0 Å². The lowest BCUT2D eigenvalue weighted by Crippen LogP contribution is -2.25. The van der Waals surface area contributed by atoms with Crippen LogP contribution in [0.5, 0.6) is 5.75 Å². The molecule has 2 N–H and O–H groups in total. The maximum Gasteiger partial charge on any atom is 0.224 e. The van der Waals surface area contributed by atoms with Crippen LogP contribution in [-0.4, -0.2) is 11.0 Å². The van der Waals surface area contributed by atoms with Crippen molar-refractivity contribution in [2.75, 3.05) is 0 Å². The molecule has 0 bridgehead atoms. The molecule has 1 saturated carbocycles. The summed E-state index contributed by atoms with van der Waals surface area (Å²) in [5, 5.41) is 12.3. The second kappa shape index (κ2) is 5.75. The van der Waals surface area contributed by atoms with Gasteiger partial charge in [0.2, 0.25) is 5.91 Å². The van der Waals surface area contributed by atoms with Crippen LogP contribution in [-0.2, 0) is 11.3 Å². The van der Waals surface area contributed by atoms with Crippen molar-refractivity contribution in [3.8, 4) is 5.75 Å². The smallest absolute Gasteiger partial charge is 0.224 e. The van der Waals surface area contributed by atoms with Crippen LogP contribution >= 0.6 is 0 Å². The monoisotopic (exact) mass is 303 g/mol. The van der Waals surface area contributed by atoms with Crippen molar-refractivity contribution in [2.45, 2.75) is 18.9 Å². The van der Waals surface area contributed by atoms with Gasteiger partial charge in [-0.1, -0.05) is 24.3 Å². The predicted octanol–water partition coefficient (Wildman–Crippen LogP) is 3.09. The van der Waals surface area contributed by atoms with Crippen molar-refractivity contribution in [1.82, 2.24) is 5.32 Å². The highest BCUT2D eigenvalue weighted by atomic mass is 19.1. The SMILES string of the molecule is O=C(NCc1ccccc1O)[C@@H]1C[C@@H]1c1c(F)cccc1F. The number of hydrogen-bond acceptors (Lipinski definition) is 2. The molecular weight excluding hydrogens is 288 g/mol. The Kier molecular flexibility index (Phi) is 3.79. The fourth-order valence-electron chi connectivity index (χ4n) is 2.64. The van der Waals surface area contributed by atoms with E-state index in [1.54, 1.807) is 18.2 Å². The third kappa shape index (κ3) is 2.79. The second-order valence-electron chi connectivity index (χ2n) is 5.43. The second-order valence-corrected chi connectivity index (χ2v) is 5.43. The molecule has 0 aromatic heterocycles. The number of aromatic hydroxyl groups is 1. The van der Waals surface area contributed by atoms with Gasteiger partial charge in [0, 0.05) is 29.5 Å². The average molecular weight is 303 g/mol. The number of carbonyl (C=O) groups is 1. The lowest BCUT2D eigenvalue weighted by Gasteiger charge is -2.07. The van der Waals surface area contributed by atoms with Gasteiger partial charge in [0.05, 0.1) is 0 Å². The number of benzene rings is 2. The first-order chi connectivity index (χ1) is 10.6. The molecule has 3 nitrogen and oxygen atoms in total. The van der Waals surface area contributed by atoms with E-state index < -0.39 is 23.5 Å². The van der Waals surface area contributed by atoms with Gasteiger partial charge in [-0.3, -0.25) is 4.79 Å². The molecule has 2 aromatic rings. The predicted molar refractivity (Wildman–Crippen MR) is 77.2 cm³/mol. The quantitative estimate of drug-likeness (QED) is 0.912. The minimum absolute atomic E-state index is 0.00907. The van der Waals surface area contributed by atoms with E-state index >= 15 is 0 Å². The summed E-state index contributed by atoms with van der Waals surface area (Å²) in [6.07, 6.45) is 0.435. The van der Waals surface area contributed by atoms with Gasteiger partial charge in [-0.05, 0) is 24.6 Å². The van der Waals surface area contributed by atoms with E-state index in [2.05, 4.69) is 5.32 Å². The summed E-state index contributed by atoms with van der Waals surface area (Å²) in [7, 11) is 0. The van der Waals surface area contributed by atoms with Crippen LogP contribution in [0.15, 0.2) is 42.5 Å². The first kappa shape index (κ1) is 14.5. The van der Waals surface area contributed by atoms with Crippen LogP contribution in [0.4, 0.5) is 8.78 Å². The summed E-state index contributed by atoms with van der Waals surface area (Å²) in [4.78, 5) is 12.1. The number of hydrogen-bond donors (Lipinski definition) is 2. The number of rotatable bonds is 4. The van der Waals surface area contributed by atoms with Crippen molar-refractivity contribution in [3.05, 3.63) is 65.2 Å². The van der Waals surface area contributed by atoms with Gasteiger partial charge in [-0.2, -0.15) is 0 Å². The maximum absolute atomic E-state index is 13.7. The van der Waals surface area contributed by atoms with E-state index in [-0.39, 0.29) is 23.8 Å². The zero-order chi connectivity index (χ0) is 15.7. The van der Waals surface area contributed by atoms with Crippen LogP contribution in [0.3, 0.4) is 0 Å². The third-order valence-electron chi connectivity index (χ3n) is 3.94. The Morgan fingerprint density at radius 1 is 1.14 bits per heavy atom. The molecule has 114 valence electrons. The number of halogens is 2. The number of para-hydroxylation sites is 1. The van der Waals surface area contributed by atoms with Gasteiger partial charge in [0.25, 0.3) is 0 Å². The molecule has 0 aliphatic heterocycles. The summed E-state index contributed by atoms with van der Waals surface area (Å²) in [5.74, 6) is -2.20. The Morgan fingerprint density at radius 2 is 1.82 bits per heavy atom. The van der Waals surface area contributed by atoms with Crippen molar-refractivity contribution in [2.24, 2.45) is 5.92 Å². The molecule has 3 rings (SSSR count). The highest BCUT2D eigenvalue weighted by molar-refractivity contribution is 5.83. The van der Waals surface area contributed by atoms with Gasteiger partial charge >= 0.3 is 0 Å². The van der Waals surface area contributed by atoms with E-state index in [4.69, 9.17) is 0 Å². The fraction of sp³-hybridized carbons (Fsp3) is 0.235. The van der Waals surface area contributed by atoms with E-state index in [9.17, 15) is 18.7 Å². The lowest BCUT2D eigenvalue weighted by atomic mass is 10.1. The highest BCUT2D eigenvalue weighted by Gasteiger charge is 2.46. The molecule has 2 atom stereocenters. The standard InChI is InChI=1S/C17H15F2NO2/c18-13-5-3-6-14(19)16(13)11-8-12(11)17(22)20-9-10-4-1-2-7-15(10)21/h1-7,11-12,21H,8-9H2,(H,20,22)/t11-,12+/m0/s1. The summed E-state index contributed by atoms with van der Waals surface area (Å²) >= 11 is 0. The van der Waals surface area contributed by atoms with Crippen molar-refractivity contribution >= 4 is 5.91 Å². The molecule has 0 heterocycles. The van der Waals surface area contributed by atoms with Gasteiger partial charge in [0.1, 0.15) is 17.4 Å². The third-order valence-corrected chi connectivity index (χ3v) is 3.94. The summed E-state index contributed by atoms with van der Waals surface area (Å²) < 4.78 is 27.4. The normalized spacial score (nSPS) is 19.7. The van der Waals surface area contributed by atoms with Gasteiger partial charge in [0.15, 0.2) is 0 Å². The van der Waals surface area contributed by atoms with E-state index in [1.165, 1.54) is 24.3 Å². The summed E-state index contributed by atoms with van der Waals surface area (Å²) in [5.41, 5.74) is 0.593. The van der Waals surface area contributed by atoms with E-state index in [0.29, 0.717) is 12.0 Å². The number of carbonyl (C=O) groups excluding carboxylic acids is 1. The van der Waals surface area contributed by atoms with Crippen molar-refractivity contribution in [1.29, 1.82) is 0 Å². The van der Waals surface area contributed by atoms with E-state index in [1.807, 2.05) is 0 Å². The highest BCUT2D eigenvalue weighted by Crippen LogP contribution is 2.49. The van der Waals surface area contributed by atoms with Crippen LogP contribution < -0.4 is 5.32 Å². The molecule has 0 radical (unpaired) electrons. The largest absolute Gasteiger partial charge is 0.508 e. The lowest BCUT2D eigenvalue weighted by molar-refractivity contribution is -0.122. The van der Waals surface area contributed by atoms with Crippen LogP contribution in [0.2, 0.25) is 0 Å². The Hall–Kier alpha value is -2.43. The molecular formula is C17H15F2NO2. The number of amides is 1. The van der Waals surface area contributed by atoms with Crippen LogP contribution in [0.1, 0.15) is 23.5 Å². The Bertz CT molecular complexity index is 697. The van der Waals surface area contributed by atoms with Crippen molar-refractivity contribution < 1.29 is 18.7 Å². The number of phenols is 1. The van der Waals surface area contributed by atoms with Gasteiger partial charge < -0.3 is 10.4 Å². The Balaban J connectivity index is 1.63. The molecule has 5 heteroatoms. The molecule has 0 spiro atoms.